The minimum absolute atomic E-state index is 0.0276. The van der Waals surface area contributed by atoms with Crippen LogP contribution < -0.4 is 11.1 Å². The van der Waals surface area contributed by atoms with Crippen molar-refractivity contribution in [3.63, 3.8) is 0 Å². The van der Waals surface area contributed by atoms with Crippen LogP contribution in [0.1, 0.15) is 29.4 Å². The summed E-state index contributed by atoms with van der Waals surface area (Å²) in [7, 11) is 1.79. The summed E-state index contributed by atoms with van der Waals surface area (Å²) in [5.41, 5.74) is 6.61. The lowest BCUT2D eigenvalue weighted by Crippen LogP contribution is -2.35. The molecule has 2 atom stereocenters. The summed E-state index contributed by atoms with van der Waals surface area (Å²) >= 11 is 1.61. The molecule has 5 nitrogen and oxygen atoms in total. The topological polar surface area (TPSA) is 72.9 Å². The van der Waals surface area contributed by atoms with Crippen LogP contribution in [0.25, 0.3) is 0 Å². The average Bonchev–Trinajstić information content (AvgIpc) is 2.98. The van der Waals surface area contributed by atoms with Crippen LogP contribution in [0.4, 0.5) is 0 Å². The smallest absolute Gasteiger partial charge is 0.242 e. The van der Waals surface area contributed by atoms with E-state index in [9.17, 15) is 4.79 Å². The fraction of sp³-hybridized carbons (Fsp3) is 0.333. The number of nitrogens with two attached hydrogens (primary N) is 1. The first-order valence-corrected chi connectivity index (χ1v) is 6.54. The molecule has 3 N–H and O–H groups in total. The van der Waals surface area contributed by atoms with Gasteiger partial charge in [0.15, 0.2) is 0 Å². The van der Waals surface area contributed by atoms with Gasteiger partial charge < -0.3 is 11.1 Å². The van der Waals surface area contributed by atoms with Crippen molar-refractivity contribution in [2.45, 2.75) is 19.0 Å². The SMILES string of the molecule is C[C@@H](NC(=O)C(N)c1cnn(C)c1)c1cccs1. The van der Waals surface area contributed by atoms with E-state index in [1.54, 1.807) is 35.5 Å². The van der Waals surface area contributed by atoms with Crippen molar-refractivity contribution < 1.29 is 4.79 Å². The van der Waals surface area contributed by atoms with Gasteiger partial charge in [-0.3, -0.25) is 9.48 Å². The van der Waals surface area contributed by atoms with Crippen molar-refractivity contribution in [2.24, 2.45) is 12.8 Å². The Balaban J connectivity index is 1.99. The van der Waals surface area contributed by atoms with Gasteiger partial charge in [0.2, 0.25) is 5.91 Å². The van der Waals surface area contributed by atoms with Crippen LogP contribution in [-0.4, -0.2) is 15.7 Å². The van der Waals surface area contributed by atoms with Crippen LogP contribution in [0.5, 0.6) is 0 Å². The standard InChI is InChI=1S/C12H16N4OS/c1-8(10-4-3-5-18-10)15-12(17)11(13)9-6-14-16(2)7-9/h3-8,11H,13H2,1-2H3,(H,15,17)/t8-,11?/m1/s1. The van der Waals surface area contributed by atoms with Gasteiger partial charge in [-0.2, -0.15) is 5.10 Å². The molecular weight excluding hydrogens is 248 g/mol. The minimum Gasteiger partial charge on any atom is -0.347 e. The highest BCUT2D eigenvalue weighted by atomic mass is 32.1. The highest BCUT2D eigenvalue weighted by Crippen LogP contribution is 2.19. The third-order valence-electron chi connectivity index (χ3n) is 2.70. The van der Waals surface area contributed by atoms with Gasteiger partial charge in [0.25, 0.3) is 0 Å². The Bertz CT molecular complexity index is 520. The zero-order valence-electron chi connectivity index (χ0n) is 10.3. The molecule has 0 fully saturated rings. The summed E-state index contributed by atoms with van der Waals surface area (Å²) in [6, 6.07) is 3.25. The van der Waals surface area contributed by atoms with Crippen molar-refractivity contribution >= 4 is 17.2 Å². The predicted octanol–water partition coefficient (Wildman–Crippen LogP) is 1.36. The molecule has 1 amide bonds. The number of hydrogen-bond donors (Lipinski definition) is 2. The molecule has 0 saturated heterocycles. The minimum atomic E-state index is -0.680. The first-order valence-electron chi connectivity index (χ1n) is 5.66. The second kappa shape index (κ2) is 5.32. The lowest BCUT2D eigenvalue weighted by Gasteiger charge is -2.15. The highest BCUT2D eigenvalue weighted by molar-refractivity contribution is 7.10. The van der Waals surface area contributed by atoms with E-state index in [-0.39, 0.29) is 11.9 Å². The van der Waals surface area contributed by atoms with Crippen molar-refractivity contribution in [3.05, 3.63) is 40.3 Å². The maximum Gasteiger partial charge on any atom is 0.242 e. The number of carbonyl (C=O) groups excluding carboxylic acids is 1. The second-order valence-electron chi connectivity index (χ2n) is 4.17. The molecule has 18 heavy (non-hydrogen) atoms. The molecule has 0 radical (unpaired) electrons. The van der Waals surface area contributed by atoms with Crippen LogP contribution in [0.3, 0.4) is 0 Å². The van der Waals surface area contributed by atoms with Gasteiger partial charge in [0.1, 0.15) is 6.04 Å². The lowest BCUT2D eigenvalue weighted by molar-refractivity contribution is -0.123. The molecule has 0 bridgehead atoms. The molecule has 0 aromatic carbocycles. The molecule has 0 spiro atoms. The van der Waals surface area contributed by atoms with Crippen molar-refractivity contribution in [3.8, 4) is 0 Å². The average molecular weight is 264 g/mol. The number of amides is 1. The normalized spacial score (nSPS) is 14.2. The Hall–Kier alpha value is -1.66. The van der Waals surface area contributed by atoms with Crippen molar-refractivity contribution in [2.75, 3.05) is 0 Å². The Morgan fingerprint density at radius 1 is 1.61 bits per heavy atom. The maximum atomic E-state index is 12.0. The molecule has 1 unspecified atom stereocenters. The zero-order valence-corrected chi connectivity index (χ0v) is 11.1. The maximum absolute atomic E-state index is 12.0. The van der Waals surface area contributed by atoms with Gasteiger partial charge in [-0.05, 0) is 18.4 Å². The fourth-order valence-corrected chi connectivity index (χ4v) is 2.40. The monoisotopic (exact) mass is 264 g/mol. The number of thiophene rings is 1. The Morgan fingerprint density at radius 2 is 2.39 bits per heavy atom. The van der Waals surface area contributed by atoms with Crippen LogP contribution in [0.15, 0.2) is 29.9 Å². The molecule has 0 aliphatic heterocycles. The van der Waals surface area contributed by atoms with Crippen LogP contribution in [0.2, 0.25) is 0 Å². The molecule has 2 heterocycles. The molecule has 0 aliphatic rings. The molecule has 2 aromatic rings. The number of nitrogens with zero attached hydrogens (tertiary/aromatic N) is 2. The number of carbonyl (C=O) groups is 1. The van der Waals surface area contributed by atoms with Gasteiger partial charge in [0, 0.05) is 23.7 Å². The van der Waals surface area contributed by atoms with E-state index in [1.807, 2.05) is 24.4 Å². The van der Waals surface area contributed by atoms with E-state index < -0.39 is 6.04 Å². The van der Waals surface area contributed by atoms with Gasteiger partial charge in [0.05, 0.1) is 12.2 Å². The zero-order chi connectivity index (χ0) is 13.1. The number of aryl methyl sites for hydroxylation is 1. The van der Waals surface area contributed by atoms with Gasteiger partial charge >= 0.3 is 0 Å². The second-order valence-corrected chi connectivity index (χ2v) is 5.15. The summed E-state index contributed by atoms with van der Waals surface area (Å²) in [6.45, 7) is 1.94. The third-order valence-corrected chi connectivity index (χ3v) is 3.75. The first-order chi connectivity index (χ1) is 8.58. The fourth-order valence-electron chi connectivity index (χ4n) is 1.66. The summed E-state index contributed by atoms with van der Waals surface area (Å²) in [4.78, 5) is 13.1. The van der Waals surface area contributed by atoms with E-state index in [0.29, 0.717) is 5.56 Å². The summed E-state index contributed by atoms with van der Waals surface area (Å²) in [5.74, 6) is -0.191. The highest BCUT2D eigenvalue weighted by Gasteiger charge is 2.19. The summed E-state index contributed by atoms with van der Waals surface area (Å²) in [6.07, 6.45) is 3.36. The quantitative estimate of drug-likeness (QED) is 0.875. The Morgan fingerprint density at radius 3 is 2.94 bits per heavy atom. The van der Waals surface area contributed by atoms with Crippen molar-refractivity contribution in [1.29, 1.82) is 0 Å². The Kier molecular flexibility index (Phi) is 3.78. The number of hydrogen-bond acceptors (Lipinski definition) is 4. The van der Waals surface area contributed by atoms with Crippen molar-refractivity contribution in [1.82, 2.24) is 15.1 Å². The molecule has 0 aliphatic carbocycles. The molecule has 2 aromatic heterocycles. The van der Waals surface area contributed by atoms with Crippen LogP contribution >= 0.6 is 11.3 Å². The summed E-state index contributed by atoms with van der Waals surface area (Å²) < 4.78 is 1.63. The molecular formula is C12H16N4OS. The molecule has 2 rings (SSSR count). The van der Waals surface area contributed by atoms with Gasteiger partial charge in [-0.1, -0.05) is 6.07 Å². The Labute approximate surface area is 110 Å². The summed E-state index contributed by atoms with van der Waals surface area (Å²) in [5, 5.41) is 8.89. The number of aromatic nitrogens is 2. The largest absolute Gasteiger partial charge is 0.347 e. The van der Waals surface area contributed by atoms with Gasteiger partial charge in [-0.15, -0.1) is 11.3 Å². The first kappa shape index (κ1) is 12.8. The van der Waals surface area contributed by atoms with Gasteiger partial charge in [-0.25, -0.2) is 0 Å². The molecule has 6 heteroatoms. The molecule has 0 saturated carbocycles. The molecule has 96 valence electrons. The van der Waals surface area contributed by atoms with E-state index in [2.05, 4.69) is 10.4 Å². The van der Waals surface area contributed by atoms with Crippen LogP contribution in [-0.2, 0) is 11.8 Å². The lowest BCUT2D eigenvalue weighted by atomic mass is 10.1. The third kappa shape index (κ3) is 2.77. The van der Waals surface area contributed by atoms with E-state index in [4.69, 9.17) is 5.73 Å². The van der Waals surface area contributed by atoms with E-state index >= 15 is 0 Å². The number of nitrogens with one attached hydrogen (secondary N) is 1. The number of rotatable bonds is 4. The van der Waals surface area contributed by atoms with E-state index in [0.717, 1.165) is 4.88 Å². The van der Waals surface area contributed by atoms with E-state index in [1.165, 1.54) is 0 Å². The predicted molar refractivity (Wildman–Crippen MR) is 71.0 cm³/mol. The van der Waals surface area contributed by atoms with Crippen LogP contribution in [0, 0.1) is 0 Å².